The molecule has 2 aromatic rings. The summed E-state index contributed by atoms with van der Waals surface area (Å²) >= 11 is 0. The van der Waals surface area contributed by atoms with Crippen molar-refractivity contribution in [2.75, 3.05) is 19.0 Å². The van der Waals surface area contributed by atoms with Gasteiger partial charge in [-0.1, -0.05) is 24.3 Å². The van der Waals surface area contributed by atoms with Crippen molar-refractivity contribution in [2.45, 2.75) is 26.3 Å². The maximum Gasteiger partial charge on any atom is 0.319 e. The molecule has 3 N–H and O–H groups in total. The fourth-order valence-corrected chi connectivity index (χ4v) is 2.42. The standard InChI is InChI=1S/C20H25N3O3/c1-14(2)22-20(25)23-18-7-5-4-6-17(18)19(24)21-13-12-15-8-10-16(26-3)11-9-15/h4-11,14H,12-13H2,1-3H3,(H,21,24)(H2,22,23,25). The van der Waals surface area contributed by atoms with Gasteiger partial charge < -0.3 is 20.7 Å². The second-order valence-electron chi connectivity index (χ2n) is 6.15. The first-order chi connectivity index (χ1) is 12.5. The molecule has 6 nitrogen and oxygen atoms in total. The highest BCUT2D eigenvalue weighted by atomic mass is 16.5. The number of para-hydroxylation sites is 1. The Hall–Kier alpha value is -3.02. The number of hydrogen-bond acceptors (Lipinski definition) is 3. The smallest absolute Gasteiger partial charge is 0.319 e. The molecule has 6 heteroatoms. The summed E-state index contributed by atoms with van der Waals surface area (Å²) in [5, 5.41) is 8.35. The lowest BCUT2D eigenvalue weighted by Crippen LogP contribution is -2.35. The summed E-state index contributed by atoms with van der Waals surface area (Å²) in [4.78, 5) is 24.3. The van der Waals surface area contributed by atoms with Crippen molar-refractivity contribution in [1.29, 1.82) is 0 Å². The fraction of sp³-hybridized carbons (Fsp3) is 0.300. The van der Waals surface area contributed by atoms with Gasteiger partial charge in [0, 0.05) is 12.6 Å². The number of nitrogens with one attached hydrogen (secondary N) is 3. The number of benzene rings is 2. The highest BCUT2D eigenvalue weighted by Crippen LogP contribution is 2.15. The maximum atomic E-state index is 12.5. The van der Waals surface area contributed by atoms with E-state index in [1.807, 2.05) is 38.1 Å². The molecule has 0 saturated heterocycles. The Morgan fingerprint density at radius 2 is 1.73 bits per heavy atom. The lowest BCUT2D eigenvalue weighted by atomic mass is 10.1. The molecular formula is C20H25N3O3. The Bertz CT molecular complexity index is 742. The molecule has 2 aromatic carbocycles. The van der Waals surface area contributed by atoms with Crippen LogP contribution in [0.4, 0.5) is 10.5 Å². The predicted octanol–water partition coefficient (Wildman–Crippen LogP) is 3.20. The minimum absolute atomic E-state index is 0.0143. The molecule has 0 aromatic heterocycles. The summed E-state index contributed by atoms with van der Waals surface area (Å²) in [5.41, 5.74) is 2.02. The van der Waals surface area contributed by atoms with Gasteiger partial charge in [-0.25, -0.2) is 4.79 Å². The van der Waals surface area contributed by atoms with E-state index in [0.29, 0.717) is 24.2 Å². The minimum Gasteiger partial charge on any atom is -0.497 e. The number of hydrogen-bond donors (Lipinski definition) is 3. The number of urea groups is 1. The average molecular weight is 355 g/mol. The monoisotopic (exact) mass is 355 g/mol. The van der Waals surface area contributed by atoms with Gasteiger partial charge in [-0.3, -0.25) is 4.79 Å². The summed E-state index contributed by atoms with van der Waals surface area (Å²) < 4.78 is 5.13. The minimum atomic E-state index is -0.335. The molecule has 0 bridgehead atoms. The zero-order chi connectivity index (χ0) is 18.9. The Kier molecular flexibility index (Phi) is 7.02. The summed E-state index contributed by atoms with van der Waals surface area (Å²) in [6, 6.07) is 14.3. The van der Waals surface area contributed by atoms with Crippen LogP contribution in [0, 0.1) is 0 Å². The third kappa shape index (κ3) is 5.81. The number of rotatable bonds is 7. The molecule has 0 fully saturated rings. The van der Waals surface area contributed by atoms with Crippen LogP contribution in [0.1, 0.15) is 29.8 Å². The topological polar surface area (TPSA) is 79.5 Å². The summed E-state index contributed by atoms with van der Waals surface area (Å²) in [5.74, 6) is 0.580. The van der Waals surface area contributed by atoms with Crippen LogP contribution in [0.5, 0.6) is 5.75 Å². The molecule has 0 saturated carbocycles. The van der Waals surface area contributed by atoms with Gasteiger partial charge in [0.05, 0.1) is 18.4 Å². The lowest BCUT2D eigenvalue weighted by molar-refractivity contribution is 0.0955. The molecule has 0 aliphatic carbocycles. The molecule has 0 aliphatic rings. The zero-order valence-corrected chi connectivity index (χ0v) is 15.3. The van der Waals surface area contributed by atoms with E-state index in [1.54, 1.807) is 31.4 Å². The summed E-state index contributed by atoms with van der Waals surface area (Å²) in [7, 11) is 1.63. The van der Waals surface area contributed by atoms with Crippen LogP contribution in [0.25, 0.3) is 0 Å². The third-order valence-corrected chi connectivity index (χ3v) is 3.70. The van der Waals surface area contributed by atoms with Gasteiger partial charge in [0.2, 0.25) is 0 Å². The molecule has 0 heterocycles. The van der Waals surface area contributed by atoms with E-state index in [-0.39, 0.29) is 18.0 Å². The third-order valence-electron chi connectivity index (χ3n) is 3.70. The van der Waals surface area contributed by atoms with Gasteiger partial charge in [0.15, 0.2) is 0 Å². The first kappa shape index (κ1) is 19.3. The van der Waals surface area contributed by atoms with E-state index in [9.17, 15) is 9.59 Å². The number of anilines is 1. The number of carbonyl (C=O) groups excluding carboxylic acids is 2. The average Bonchev–Trinajstić information content (AvgIpc) is 2.62. The fourth-order valence-electron chi connectivity index (χ4n) is 2.42. The van der Waals surface area contributed by atoms with Gasteiger partial charge in [-0.2, -0.15) is 0 Å². The van der Waals surface area contributed by atoms with Crippen molar-refractivity contribution in [3.8, 4) is 5.75 Å². The second kappa shape index (κ2) is 9.46. The van der Waals surface area contributed by atoms with Crippen LogP contribution in [0.2, 0.25) is 0 Å². The number of amides is 3. The van der Waals surface area contributed by atoms with Crippen LogP contribution in [-0.2, 0) is 6.42 Å². The number of methoxy groups -OCH3 is 1. The highest BCUT2D eigenvalue weighted by Gasteiger charge is 2.13. The van der Waals surface area contributed by atoms with Crippen molar-refractivity contribution in [3.63, 3.8) is 0 Å². The van der Waals surface area contributed by atoms with Crippen LogP contribution in [0.3, 0.4) is 0 Å². The van der Waals surface area contributed by atoms with Gasteiger partial charge in [-0.15, -0.1) is 0 Å². The van der Waals surface area contributed by atoms with Crippen LogP contribution in [-0.4, -0.2) is 31.6 Å². The predicted molar refractivity (Wildman–Crippen MR) is 103 cm³/mol. The van der Waals surface area contributed by atoms with Crippen molar-refractivity contribution in [1.82, 2.24) is 10.6 Å². The second-order valence-corrected chi connectivity index (χ2v) is 6.15. The van der Waals surface area contributed by atoms with Gasteiger partial charge in [0.25, 0.3) is 5.91 Å². The van der Waals surface area contributed by atoms with E-state index in [4.69, 9.17) is 4.74 Å². The lowest BCUT2D eigenvalue weighted by Gasteiger charge is -2.13. The Morgan fingerprint density at radius 1 is 1.04 bits per heavy atom. The Labute approximate surface area is 153 Å². The highest BCUT2D eigenvalue weighted by molar-refractivity contribution is 6.03. The molecule has 0 radical (unpaired) electrons. The van der Waals surface area contributed by atoms with Crippen molar-refractivity contribution < 1.29 is 14.3 Å². The van der Waals surface area contributed by atoms with Crippen molar-refractivity contribution in [3.05, 3.63) is 59.7 Å². The molecule has 3 amide bonds. The maximum absolute atomic E-state index is 12.5. The van der Waals surface area contributed by atoms with Gasteiger partial charge >= 0.3 is 6.03 Å². The van der Waals surface area contributed by atoms with Crippen molar-refractivity contribution in [2.24, 2.45) is 0 Å². The SMILES string of the molecule is COc1ccc(CCNC(=O)c2ccccc2NC(=O)NC(C)C)cc1. The van der Waals surface area contributed by atoms with Gasteiger partial charge in [-0.05, 0) is 50.1 Å². The van der Waals surface area contributed by atoms with Gasteiger partial charge in [0.1, 0.15) is 5.75 Å². The van der Waals surface area contributed by atoms with Crippen LogP contribution in [0.15, 0.2) is 48.5 Å². The molecule has 0 aliphatic heterocycles. The van der Waals surface area contributed by atoms with Crippen LogP contribution < -0.4 is 20.7 Å². The molecule has 0 atom stereocenters. The van der Waals surface area contributed by atoms with E-state index in [1.165, 1.54) is 0 Å². The van der Waals surface area contributed by atoms with E-state index in [2.05, 4.69) is 16.0 Å². The zero-order valence-electron chi connectivity index (χ0n) is 15.3. The van der Waals surface area contributed by atoms with E-state index in [0.717, 1.165) is 11.3 Å². The molecule has 0 spiro atoms. The first-order valence-electron chi connectivity index (χ1n) is 8.57. The molecular weight excluding hydrogens is 330 g/mol. The van der Waals surface area contributed by atoms with Crippen LogP contribution >= 0.6 is 0 Å². The molecule has 2 rings (SSSR count). The normalized spacial score (nSPS) is 10.3. The Morgan fingerprint density at radius 3 is 2.38 bits per heavy atom. The van der Waals surface area contributed by atoms with E-state index >= 15 is 0 Å². The quantitative estimate of drug-likeness (QED) is 0.713. The molecule has 0 unspecified atom stereocenters. The Balaban J connectivity index is 1.93. The molecule has 138 valence electrons. The largest absolute Gasteiger partial charge is 0.497 e. The van der Waals surface area contributed by atoms with Crippen molar-refractivity contribution >= 4 is 17.6 Å². The first-order valence-corrected chi connectivity index (χ1v) is 8.57. The number of carbonyl (C=O) groups is 2. The van der Waals surface area contributed by atoms with E-state index < -0.39 is 0 Å². The summed E-state index contributed by atoms with van der Waals surface area (Å²) in [6.45, 7) is 4.24. The molecule has 26 heavy (non-hydrogen) atoms. The summed E-state index contributed by atoms with van der Waals surface area (Å²) in [6.07, 6.45) is 0.708. The number of ether oxygens (including phenoxy) is 1.